The number of benzene rings is 1. The Morgan fingerprint density at radius 2 is 1.61 bits per heavy atom. The summed E-state index contributed by atoms with van der Waals surface area (Å²) < 4.78 is 0. The molecule has 0 aliphatic heterocycles. The van der Waals surface area contributed by atoms with Crippen LogP contribution < -0.4 is 5.32 Å². The van der Waals surface area contributed by atoms with Gasteiger partial charge < -0.3 is 5.32 Å². The number of carbonyl (C=O) groups is 1. The second-order valence-electron chi connectivity index (χ2n) is 7.59. The van der Waals surface area contributed by atoms with Gasteiger partial charge in [0.25, 0.3) is 0 Å². The molecule has 2 unspecified atom stereocenters. The number of halogens is 4. The van der Waals surface area contributed by atoms with Crippen molar-refractivity contribution in [2.75, 3.05) is 5.32 Å². The van der Waals surface area contributed by atoms with Crippen LogP contribution >= 0.6 is 46.4 Å². The van der Waals surface area contributed by atoms with E-state index in [-0.39, 0.29) is 16.2 Å². The molecule has 0 saturated heterocycles. The molecule has 0 heterocycles. The van der Waals surface area contributed by atoms with Crippen LogP contribution in [-0.4, -0.2) is 10.8 Å². The summed E-state index contributed by atoms with van der Waals surface area (Å²) in [5, 5.41) is 4.14. The first-order valence-electron chi connectivity index (χ1n) is 7.94. The number of amides is 1. The molecule has 5 rings (SSSR count). The van der Waals surface area contributed by atoms with Crippen molar-refractivity contribution in [3.8, 4) is 0 Å². The van der Waals surface area contributed by atoms with Crippen molar-refractivity contribution in [1.29, 1.82) is 0 Å². The van der Waals surface area contributed by atoms with E-state index >= 15 is 0 Å². The highest BCUT2D eigenvalue weighted by molar-refractivity contribution is 6.42. The summed E-state index contributed by atoms with van der Waals surface area (Å²) in [6.45, 7) is 0. The largest absolute Gasteiger partial charge is 0.323 e. The van der Waals surface area contributed by atoms with E-state index in [1.807, 2.05) is 0 Å². The van der Waals surface area contributed by atoms with Gasteiger partial charge in [-0.15, -0.1) is 11.6 Å². The molecular formula is C17H17Cl4NO. The van der Waals surface area contributed by atoms with Crippen LogP contribution in [-0.2, 0) is 4.79 Å². The molecule has 4 fully saturated rings. The highest BCUT2D eigenvalue weighted by Crippen LogP contribution is 2.64. The predicted octanol–water partition coefficient (Wildman–Crippen LogP) is 6.16. The van der Waals surface area contributed by atoms with E-state index in [1.54, 1.807) is 12.1 Å². The van der Waals surface area contributed by atoms with Gasteiger partial charge in [0.05, 0.1) is 21.1 Å². The van der Waals surface area contributed by atoms with Crippen molar-refractivity contribution in [3.63, 3.8) is 0 Å². The van der Waals surface area contributed by atoms with Gasteiger partial charge in [-0.25, -0.2) is 0 Å². The molecule has 4 saturated carbocycles. The first-order valence-corrected chi connectivity index (χ1v) is 9.45. The van der Waals surface area contributed by atoms with Crippen molar-refractivity contribution >= 4 is 58.0 Å². The summed E-state index contributed by atoms with van der Waals surface area (Å²) in [5.41, 5.74) is 0.0695. The number of hydrogen-bond acceptors (Lipinski definition) is 1. The lowest BCUT2D eigenvalue weighted by Gasteiger charge is -2.59. The Bertz CT molecular complexity index is 652. The molecule has 1 amide bonds. The van der Waals surface area contributed by atoms with Gasteiger partial charge in [-0.05, 0) is 62.5 Å². The third-order valence-corrected chi connectivity index (χ3v) is 6.97. The maximum Gasteiger partial charge on any atom is 0.230 e. The molecule has 0 radical (unpaired) electrons. The molecule has 2 atom stereocenters. The topological polar surface area (TPSA) is 29.1 Å². The highest BCUT2D eigenvalue weighted by atomic mass is 35.5. The Hall–Kier alpha value is -0.150. The van der Waals surface area contributed by atoms with Crippen LogP contribution in [0.1, 0.15) is 38.5 Å². The summed E-state index contributed by atoms with van der Waals surface area (Å²) in [5.74, 6) is 1.13. The fourth-order valence-corrected chi connectivity index (χ4v) is 6.93. The minimum atomic E-state index is -0.377. The SMILES string of the molecule is O=C(Nc1c(Cl)cc(Cl)cc1Cl)C12CC3CC(CC(Cl)(C3)C1)C2. The lowest BCUT2D eigenvalue weighted by molar-refractivity contribution is -0.138. The lowest BCUT2D eigenvalue weighted by Crippen LogP contribution is -2.57. The fraction of sp³-hybridized carbons (Fsp3) is 0.588. The average molecular weight is 393 g/mol. The molecule has 0 aromatic heterocycles. The fourth-order valence-electron chi connectivity index (χ4n) is 5.32. The molecule has 0 spiro atoms. The lowest BCUT2D eigenvalue weighted by atomic mass is 9.49. The van der Waals surface area contributed by atoms with E-state index < -0.39 is 0 Å². The van der Waals surface area contributed by atoms with Gasteiger partial charge in [-0.1, -0.05) is 34.8 Å². The number of hydrogen-bond donors (Lipinski definition) is 1. The third kappa shape index (κ3) is 2.76. The zero-order chi connectivity index (χ0) is 16.4. The van der Waals surface area contributed by atoms with Crippen molar-refractivity contribution in [2.24, 2.45) is 17.3 Å². The molecule has 2 nitrogen and oxygen atoms in total. The monoisotopic (exact) mass is 391 g/mol. The Balaban J connectivity index is 1.63. The Morgan fingerprint density at radius 1 is 1.04 bits per heavy atom. The van der Waals surface area contributed by atoms with Gasteiger partial charge in [-0.2, -0.15) is 0 Å². The summed E-state index contributed by atoms with van der Waals surface area (Å²) in [7, 11) is 0. The molecule has 4 aliphatic carbocycles. The van der Waals surface area contributed by atoms with Crippen LogP contribution in [0, 0.1) is 17.3 Å². The second-order valence-corrected chi connectivity index (χ2v) is 9.64. The van der Waals surface area contributed by atoms with E-state index in [4.69, 9.17) is 46.4 Å². The van der Waals surface area contributed by atoms with Gasteiger partial charge in [0.1, 0.15) is 0 Å². The van der Waals surface area contributed by atoms with Gasteiger partial charge in [-0.3, -0.25) is 4.79 Å². The number of alkyl halides is 1. The Morgan fingerprint density at radius 3 is 2.13 bits per heavy atom. The smallest absolute Gasteiger partial charge is 0.230 e. The quantitative estimate of drug-likeness (QED) is 0.599. The molecule has 4 aliphatic rings. The maximum atomic E-state index is 13.1. The first kappa shape index (κ1) is 16.3. The molecule has 124 valence electrons. The second kappa shape index (κ2) is 5.42. The first-order chi connectivity index (χ1) is 10.8. The zero-order valence-electron chi connectivity index (χ0n) is 12.5. The molecule has 1 aromatic rings. The number of nitrogens with one attached hydrogen (secondary N) is 1. The Labute approximate surface area is 155 Å². The molecule has 23 heavy (non-hydrogen) atoms. The van der Waals surface area contributed by atoms with Crippen LogP contribution in [0.2, 0.25) is 15.1 Å². The standard InChI is InChI=1S/C17H17Cl4NO/c18-11-2-12(19)14(13(20)3-11)22-15(23)16-4-9-1-10(5-16)7-17(21,6-9)8-16/h2-3,9-10H,1,4-8H2,(H,22,23). The summed E-state index contributed by atoms with van der Waals surface area (Å²) >= 11 is 25.1. The number of anilines is 1. The predicted molar refractivity (Wildman–Crippen MR) is 95.8 cm³/mol. The summed E-state index contributed by atoms with van der Waals surface area (Å²) in [6, 6.07) is 3.18. The highest BCUT2D eigenvalue weighted by Gasteiger charge is 2.60. The summed E-state index contributed by atoms with van der Waals surface area (Å²) in [4.78, 5) is 12.9. The minimum Gasteiger partial charge on any atom is -0.323 e. The third-order valence-electron chi connectivity index (χ3n) is 5.72. The van der Waals surface area contributed by atoms with Crippen LogP contribution in [0.15, 0.2) is 12.1 Å². The van der Waals surface area contributed by atoms with E-state index in [0.29, 0.717) is 32.6 Å². The van der Waals surface area contributed by atoms with Gasteiger partial charge in [0.2, 0.25) is 5.91 Å². The van der Waals surface area contributed by atoms with Crippen LogP contribution in [0.25, 0.3) is 0 Å². The number of rotatable bonds is 2. The van der Waals surface area contributed by atoms with Crippen LogP contribution in [0.4, 0.5) is 5.69 Å². The molecule has 4 bridgehead atoms. The van der Waals surface area contributed by atoms with Crippen molar-refractivity contribution in [2.45, 2.75) is 43.4 Å². The van der Waals surface area contributed by atoms with E-state index in [9.17, 15) is 4.79 Å². The normalized spacial score (nSPS) is 37.9. The minimum absolute atomic E-state index is 0.00254. The molecule has 1 N–H and O–H groups in total. The van der Waals surface area contributed by atoms with Crippen LogP contribution in [0.3, 0.4) is 0 Å². The molecule has 1 aromatic carbocycles. The van der Waals surface area contributed by atoms with Crippen molar-refractivity contribution < 1.29 is 4.79 Å². The average Bonchev–Trinajstić information content (AvgIpc) is 2.39. The van der Waals surface area contributed by atoms with E-state index in [0.717, 1.165) is 32.1 Å². The Kier molecular flexibility index (Phi) is 3.85. The van der Waals surface area contributed by atoms with Gasteiger partial charge in [0, 0.05) is 9.90 Å². The van der Waals surface area contributed by atoms with Crippen molar-refractivity contribution in [1.82, 2.24) is 0 Å². The van der Waals surface area contributed by atoms with Crippen molar-refractivity contribution in [3.05, 3.63) is 27.2 Å². The van der Waals surface area contributed by atoms with Gasteiger partial charge in [0.15, 0.2) is 0 Å². The van der Waals surface area contributed by atoms with E-state index in [1.165, 1.54) is 6.42 Å². The van der Waals surface area contributed by atoms with Gasteiger partial charge >= 0.3 is 0 Å². The zero-order valence-corrected chi connectivity index (χ0v) is 15.5. The van der Waals surface area contributed by atoms with Crippen LogP contribution in [0.5, 0.6) is 0 Å². The maximum absolute atomic E-state index is 13.1. The van der Waals surface area contributed by atoms with E-state index in [2.05, 4.69) is 5.32 Å². The molecular weight excluding hydrogens is 376 g/mol. The summed E-state index contributed by atoms with van der Waals surface area (Å²) in [6.07, 6.45) is 5.90. The molecule has 6 heteroatoms. The number of carbonyl (C=O) groups excluding carboxylic acids is 1.